The molecule has 0 aliphatic carbocycles. The molecule has 0 radical (unpaired) electrons. The number of anilines is 1. The fourth-order valence-electron chi connectivity index (χ4n) is 1.75. The van der Waals surface area contributed by atoms with Gasteiger partial charge in [-0.1, -0.05) is 28.1 Å². The maximum Gasteiger partial charge on any atom is 0.225 e. The molecule has 2 aromatic rings. The Morgan fingerprint density at radius 1 is 1.19 bits per heavy atom. The number of benzene rings is 2. The highest BCUT2D eigenvalue weighted by Crippen LogP contribution is 2.24. The molecule has 1 amide bonds. The Balaban J connectivity index is 1.81. The number of carbonyl (C=O) groups excluding carboxylic acids is 1. The van der Waals surface area contributed by atoms with Crippen molar-refractivity contribution in [1.82, 2.24) is 0 Å². The number of amides is 1. The van der Waals surface area contributed by atoms with Crippen molar-refractivity contribution in [3.63, 3.8) is 0 Å². The molecule has 0 atom stereocenters. The number of rotatable bonds is 6. The van der Waals surface area contributed by atoms with Crippen LogP contribution in [0.4, 0.5) is 5.69 Å². The zero-order valence-electron chi connectivity index (χ0n) is 11.6. The molecule has 0 spiro atoms. The summed E-state index contributed by atoms with van der Waals surface area (Å²) >= 11 is 5.07. The number of halogens is 1. The molecule has 0 saturated carbocycles. The summed E-state index contributed by atoms with van der Waals surface area (Å²) in [6.45, 7) is 0. The van der Waals surface area contributed by atoms with Crippen LogP contribution >= 0.6 is 27.7 Å². The first-order valence-electron chi connectivity index (χ1n) is 6.50. The van der Waals surface area contributed by atoms with Crippen LogP contribution in [0.5, 0.6) is 5.75 Å². The number of para-hydroxylation sites is 2. The van der Waals surface area contributed by atoms with Crippen LogP contribution < -0.4 is 10.1 Å². The van der Waals surface area contributed by atoms with Gasteiger partial charge in [0, 0.05) is 21.5 Å². The maximum atomic E-state index is 11.9. The van der Waals surface area contributed by atoms with E-state index in [0.717, 1.165) is 15.1 Å². The number of nitrogens with one attached hydrogen (secondary N) is 1. The van der Waals surface area contributed by atoms with E-state index in [4.69, 9.17) is 4.74 Å². The Hall–Kier alpha value is -1.46. The third-order valence-electron chi connectivity index (χ3n) is 2.79. The smallest absolute Gasteiger partial charge is 0.225 e. The molecular formula is C16H16BrNO2S. The number of hydrogen-bond donors (Lipinski definition) is 1. The monoisotopic (exact) mass is 365 g/mol. The summed E-state index contributed by atoms with van der Waals surface area (Å²) in [7, 11) is 1.59. The first-order chi connectivity index (χ1) is 10.2. The second kappa shape index (κ2) is 8.10. The Labute approximate surface area is 137 Å². The minimum atomic E-state index is -0.0101. The highest BCUT2D eigenvalue weighted by atomic mass is 79.9. The Kier molecular flexibility index (Phi) is 6.14. The van der Waals surface area contributed by atoms with E-state index in [2.05, 4.69) is 21.2 Å². The fourth-order valence-corrected chi connectivity index (χ4v) is 2.87. The van der Waals surface area contributed by atoms with Gasteiger partial charge in [-0.3, -0.25) is 4.79 Å². The molecule has 5 heteroatoms. The molecule has 3 nitrogen and oxygen atoms in total. The third kappa shape index (κ3) is 5.10. The van der Waals surface area contributed by atoms with Crippen molar-refractivity contribution in [2.45, 2.75) is 11.3 Å². The molecule has 1 N–H and O–H groups in total. The van der Waals surface area contributed by atoms with Crippen molar-refractivity contribution in [1.29, 1.82) is 0 Å². The normalized spacial score (nSPS) is 10.2. The van der Waals surface area contributed by atoms with Crippen LogP contribution in [0.3, 0.4) is 0 Å². The van der Waals surface area contributed by atoms with Crippen molar-refractivity contribution in [3.8, 4) is 5.75 Å². The molecule has 0 bridgehead atoms. The minimum absolute atomic E-state index is 0.0101. The van der Waals surface area contributed by atoms with Gasteiger partial charge in [-0.05, 0) is 36.4 Å². The molecule has 0 heterocycles. The Morgan fingerprint density at radius 3 is 2.62 bits per heavy atom. The summed E-state index contributed by atoms with van der Waals surface area (Å²) in [4.78, 5) is 13.1. The summed E-state index contributed by atoms with van der Waals surface area (Å²) in [5, 5.41) is 2.87. The quantitative estimate of drug-likeness (QED) is 0.761. The number of methoxy groups -OCH3 is 1. The predicted molar refractivity (Wildman–Crippen MR) is 91.1 cm³/mol. The van der Waals surface area contributed by atoms with Crippen LogP contribution in [0.15, 0.2) is 57.9 Å². The minimum Gasteiger partial charge on any atom is -0.495 e. The second-order valence-corrected chi connectivity index (χ2v) is 6.38. The van der Waals surface area contributed by atoms with E-state index in [1.165, 1.54) is 0 Å². The Bertz CT molecular complexity index is 601. The summed E-state index contributed by atoms with van der Waals surface area (Å²) in [5.74, 6) is 1.40. The lowest BCUT2D eigenvalue weighted by atomic mass is 10.3. The molecule has 110 valence electrons. The van der Waals surface area contributed by atoms with Crippen LogP contribution in [0.1, 0.15) is 6.42 Å². The molecule has 0 fully saturated rings. The van der Waals surface area contributed by atoms with Crippen molar-refractivity contribution in [2.24, 2.45) is 0 Å². The average molecular weight is 366 g/mol. The SMILES string of the molecule is COc1ccccc1NC(=O)CCSc1ccc(Br)cc1. The predicted octanol–water partition coefficient (Wildman–Crippen LogP) is 4.58. The summed E-state index contributed by atoms with van der Waals surface area (Å²) < 4.78 is 6.26. The van der Waals surface area contributed by atoms with Crippen molar-refractivity contribution in [2.75, 3.05) is 18.2 Å². The van der Waals surface area contributed by atoms with Crippen LogP contribution in [-0.4, -0.2) is 18.8 Å². The van der Waals surface area contributed by atoms with Gasteiger partial charge >= 0.3 is 0 Å². The van der Waals surface area contributed by atoms with E-state index in [1.54, 1.807) is 18.9 Å². The molecule has 0 unspecified atom stereocenters. The van der Waals surface area contributed by atoms with Crippen LogP contribution in [0, 0.1) is 0 Å². The lowest BCUT2D eigenvalue weighted by Gasteiger charge is -2.09. The van der Waals surface area contributed by atoms with E-state index < -0.39 is 0 Å². The highest BCUT2D eigenvalue weighted by molar-refractivity contribution is 9.10. The number of thioether (sulfide) groups is 1. The second-order valence-electron chi connectivity index (χ2n) is 4.30. The molecule has 0 aromatic heterocycles. The molecule has 0 aliphatic rings. The van der Waals surface area contributed by atoms with Crippen molar-refractivity contribution >= 4 is 39.3 Å². The highest BCUT2D eigenvalue weighted by Gasteiger charge is 2.06. The van der Waals surface area contributed by atoms with Gasteiger partial charge < -0.3 is 10.1 Å². The third-order valence-corrected chi connectivity index (χ3v) is 4.33. The van der Waals surface area contributed by atoms with Gasteiger partial charge in [-0.2, -0.15) is 0 Å². The fraction of sp³-hybridized carbons (Fsp3) is 0.188. The van der Waals surface area contributed by atoms with Gasteiger partial charge in [0.05, 0.1) is 12.8 Å². The zero-order chi connectivity index (χ0) is 15.1. The van der Waals surface area contributed by atoms with Gasteiger partial charge in [-0.25, -0.2) is 0 Å². The van der Waals surface area contributed by atoms with Gasteiger partial charge in [0.25, 0.3) is 0 Å². The largest absolute Gasteiger partial charge is 0.495 e. The topological polar surface area (TPSA) is 38.3 Å². The lowest BCUT2D eigenvalue weighted by molar-refractivity contribution is -0.115. The lowest BCUT2D eigenvalue weighted by Crippen LogP contribution is -2.12. The van der Waals surface area contributed by atoms with E-state index in [9.17, 15) is 4.79 Å². The molecule has 0 aliphatic heterocycles. The molecule has 0 saturated heterocycles. The number of carbonyl (C=O) groups is 1. The van der Waals surface area contributed by atoms with E-state index in [-0.39, 0.29) is 5.91 Å². The standard InChI is InChI=1S/C16H16BrNO2S/c1-20-15-5-3-2-4-14(15)18-16(19)10-11-21-13-8-6-12(17)7-9-13/h2-9H,10-11H2,1H3,(H,18,19). The molecular weight excluding hydrogens is 350 g/mol. The molecule has 21 heavy (non-hydrogen) atoms. The summed E-state index contributed by atoms with van der Waals surface area (Å²) in [6, 6.07) is 15.5. The summed E-state index contributed by atoms with van der Waals surface area (Å²) in [6.07, 6.45) is 0.457. The van der Waals surface area contributed by atoms with Gasteiger partial charge in [0.2, 0.25) is 5.91 Å². The molecule has 2 rings (SSSR count). The van der Waals surface area contributed by atoms with E-state index in [1.807, 2.05) is 48.5 Å². The molecule has 2 aromatic carbocycles. The van der Waals surface area contributed by atoms with Crippen LogP contribution in [0.2, 0.25) is 0 Å². The first kappa shape index (κ1) is 15.9. The zero-order valence-corrected chi connectivity index (χ0v) is 14.0. The van der Waals surface area contributed by atoms with Crippen molar-refractivity contribution in [3.05, 3.63) is 53.0 Å². The van der Waals surface area contributed by atoms with Crippen LogP contribution in [-0.2, 0) is 4.79 Å². The Morgan fingerprint density at radius 2 is 1.90 bits per heavy atom. The maximum absolute atomic E-state index is 11.9. The van der Waals surface area contributed by atoms with Crippen LogP contribution in [0.25, 0.3) is 0 Å². The number of ether oxygens (including phenoxy) is 1. The van der Waals surface area contributed by atoms with Gasteiger partial charge in [-0.15, -0.1) is 11.8 Å². The van der Waals surface area contributed by atoms with Crippen molar-refractivity contribution < 1.29 is 9.53 Å². The average Bonchev–Trinajstić information content (AvgIpc) is 2.50. The van der Waals surface area contributed by atoms with E-state index >= 15 is 0 Å². The van der Waals surface area contributed by atoms with E-state index in [0.29, 0.717) is 17.9 Å². The number of hydrogen-bond acceptors (Lipinski definition) is 3. The van der Waals surface area contributed by atoms with Gasteiger partial charge in [0.1, 0.15) is 5.75 Å². The summed E-state index contributed by atoms with van der Waals surface area (Å²) in [5.41, 5.74) is 0.707. The first-order valence-corrected chi connectivity index (χ1v) is 8.28. The van der Waals surface area contributed by atoms with Gasteiger partial charge in [0.15, 0.2) is 0 Å².